The lowest BCUT2D eigenvalue weighted by Gasteiger charge is -2.40. The second-order valence-corrected chi connectivity index (χ2v) is 7.28. The molecule has 7 heteroatoms. The first-order chi connectivity index (χ1) is 11.2. The van der Waals surface area contributed by atoms with Crippen molar-refractivity contribution in [3.05, 3.63) is 36.4 Å². The second kappa shape index (κ2) is 7.53. The highest BCUT2D eigenvalue weighted by molar-refractivity contribution is 7.80. The van der Waals surface area contributed by atoms with Crippen LogP contribution in [0.5, 0.6) is 5.75 Å². The van der Waals surface area contributed by atoms with Gasteiger partial charge in [0.1, 0.15) is 6.33 Å². The van der Waals surface area contributed by atoms with Crippen LogP contribution in [0.15, 0.2) is 35.7 Å². The predicted octanol–water partition coefficient (Wildman–Crippen LogP) is 3.34. The highest BCUT2D eigenvalue weighted by Crippen LogP contribution is 2.36. The summed E-state index contributed by atoms with van der Waals surface area (Å²) in [7, 11) is 0. The molecule has 1 heterocycles. The topological polar surface area (TPSA) is 60.2 Å². The molecular weight excluding hydrogens is 329 g/mol. The maximum atomic E-state index is 13.5. The van der Waals surface area contributed by atoms with E-state index in [1.165, 1.54) is 12.4 Å². The fourth-order valence-electron chi connectivity index (χ4n) is 2.42. The molecule has 1 atom stereocenters. The Balaban J connectivity index is 1.97. The van der Waals surface area contributed by atoms with E-state index in [0.717, 1.165) is 0 Å². The van der Waals surface area contributed by atoms with Crippen molar-refractivity contribution >= 4 is 12.6 Å². The van der Waals surface area contributed by atoms with E-state index in [-0.39, 0.29) is 23.5 Å². The third-order valence-corrected chi connectivity index (χ3v) is 4.58. The number of halogens is 1. The van der Waals surface area contributed by atoms with Crippen molar-refractivity contribution in [1.82, 2.24) is 14.8 Å². The van der Waals surface area contributed by atoms with Gasteiger partial charge in [0.05, 0.1) is 18.8 Å². The van der Waals surface area contributed by atoms with E-state index < -0.39 is 5.60 Å². The van der Waals surface area contributed by atoms with Gasteiger partial charge in [0, 0.05) is 0 Å². The Kier molecular flexibility index (Phi) is 5.87. The van der Waals surface area contributed by atoms with Crippen LogP contribution in [0.3, 0.4) is 0 Å². The van der Waals surface area contributed by atoms with Gasteiger partial charge in [-0.3, -0.25) is 0 Å². The lowest BCUT2D eigenvalue weighted by Crippen LogP contribution is -2.47. The average molecular weight is 353 g/mol. The van der Waals surface area contributed by atoms with Crippen LogP contribution >= 0.6 is 12.6 Å². The summed E-state index contributed by atoms with van der Waals surface area (Å²) < 4.78 is 20.6. The Morgan fingerprint density at radius 2 is 2.00 bits per heavy atom. The van der Waals surface area contributed by atoms with Crippen LogP contribution in [-0.4, -0.2) is 32.1 Å². The van der Waals surface area contributed by atoms with Crippen LogP contribution in [0.2, 0.25) is 0 Å². The minimum atomic E-state index is -1.02. The van der Waals surface area contributed by atoms with E-state index in [4.69, 9.17) is 4.74 Å². The zero-order valence-corrected chi connectivity index (χ0v) is 15.1. The van der Waals surface area contributed by atoms with Crippen LogP contribution in [0, 0.1) is 11.2 Å². The summed E-state index contributed by atoms with van der Waals surface area (Å²) in [5.41, 5.74) is -1.39. The first kappa shape index (κ1) is 18.7. The van der Waals surface area contributed by atoms with Gasteiger partial charge in [-0.25, -0.2) is 14.1 Å². The molecule has 5 nitrogen and oxygen atoms in total. The number of hydrogen-bond donors (Lipinski definition) is 2. The number of rotatable bonds is 7. The predicted molar refractivity (Wildman–Crippen MR) is 92.8 cm³/mol. The van der Waals surface area contributed by atoms with E-state index >= 15 is 0 Å². The van der Waals surface area contributed by atoms with Gasteiger partial charge in [0.2, 0.25) is 0 Å². The minimum absolute atomic E-state index is 0.228. The third-order valence-electron chi connectivity index (χ3n) is 4.23. The lowest BCUT2D eigenvalue weighted by atomic mass is 9.73. The normalized spacial score (nSPS) is 14.4. The zero-order valence-electron chi connectivity index (χ0n) is 14.2. The van der Waals surface area contributed by atoms with Crippen molar-refractivity contribution in [2.24, 2.45) is 5.41 Å². The molecule has 0 amide bonds. The molecule has 0 saturated carbocycles. The molecule has 1 aromatic carbocycles. The number of aromatic nitrogens is 3. The van der Waals surface area contributed by atoms with Crippen molar-refractivity contribution < 1.29 is 14.2 Å². The summed E-state index contributed by atoms with van der Waals surface area (Å²) in [6, 6.07) is 6.30. The van der Waals surface area contributed by atoms with Crippen molar-refractivity contribution in [2.75, 3.05) is 6.61 Å². The smallest absolute Gasteiger partial charge is 0.183 e. The minimum Gasteiger partial charge on any atom is -0.491 e. The number of thiol groups is 1. The summed E-state index contributed by atoms with van der Waals surface area (Å²) in [5, 5.41) is 15.7. The highest BCUT2D eigenvalue weighted by atomic mass is 32.1. The third kappa shape index (κ3) is 4.48. The maximum Gasteiger partial charge on any atom is 0.183 e. The van der Waals surface area contributed by atoms with Crippen LogP contribution in [0.1, 0.15) is 33.6 Å². The van der Waals surface area contributed by atoms with E-state index in [0.29, 0.717) is 24.6 Å². The molecule has 0 bridgehead atoms. The number of nitrogens with zero attached hydrogens (tertiary/aromatic N) is 3. The molecule has 1 unspecified atom stereocenters. The fraction of sp³-hybridized carbons (Fsp3) is 0.529. The molecule has 0 spiro atoms. The molecule has 2 rings (SSSR count). The summed E-state index contributed by atoms with van der Waals surface area (Å²) in [4.78, 5) is 3.97. The SMILES string of the molecule is CC(C)(C)C(O)(CCCOc1ccccc1F)Cn1ncnc1S. The van der Waals surface area contributed by atoms with Gasteiger partial charge < -0.3 is 9.84 Å². The Bertz CT molecular complexity index is 672. The van der Waals surface area contributed by atoms with Gasteiger partial charge >= 0.3 is 0 Å². The van der Waals surface area contributed by atoms with Crippen LogP contribution in [0.25, 0.3) is 0 Å². The Morgan fingerprint density at radius 1 is 1.29 bits per heavy atom. The largest absolute Gasteiger partial charge is 0.491 e. The summed E-state index contributed by atoms with van der Waals surface area (Å²) in [6.45, 7) is 6.53. The molecular formula is C17H24FN3O2S. The van der Waals surface area contributed by atoms with E-state index in [9.17, 15) is 9.50 Å². The molecule has 0 aliphatic heterocycles. The standard InChI is InChI=1S/C17H24FN3O2S/c1-16(2,3)17(22,11-21-15(24)19-12-20-21)9-6-10-23-14-8-5-4-7-13(14)18/h4-5,7-8,12,22H,6,9-11H2,1-3H3,(H,19,20,24). The molecule has 2 aromatic rings. The van der Waals surface area contributed by atoms with Gasteiger partial charge in [0.15, 0.2) is 16.7 Å². The molecule has 0 saturated heterocycles. The molecule has 1 N–H and O–H groups in total. The summed E-state index contributed by atoms with van der Waals surface area (Å²) in [5.74, 6) is -0.156. The first-order valence-electron chi connectivity index (χ1n) is 7.89. The Labute approximate surface area is 147 Å². The van der Waals surface area contributed by atoms with Crippen molar-refractivity contribution in [2.45, 2.75) is 50.9 Å². The van der Waals surface area contributed by atoms with E-state index in [2.05, 4.69) is 22.7 Å². The summed E-state index contributed by atoms with van der Waals surface area (Å²) >= 11 is 4.24. The van der Waals surface area contributed by atoms with Crippen molar-refractivity contribution in [1.29, 1.82) is 0 Å². The van der Waals surface area contributed by atoms with Gasteiger partial charge in [-0.1, -0.05) is 32.9 Å². The van der Waals surface area contributed by atoms with Crippen LogP contribution in [0.4, 0.5) is 4.39 Å². The molecule has 1 aromatic heterocycles. The monoisotopic (exact) mass is 353 g/mol. The maximum absolute atomic E-state index is 13.5. The number of ether oxygens (including phenoxy) is 1. The Hall–Kier alpha value is -1.60. The average Bonchev–Trinajstić information content (AvgIpc) is 2.89. The fourth-order valence-corrected chi connectivity index (χ4v) is 2.59. The van der Waals surface area contributed by atoms with Gasteiger partial charge in [0.25, 0.3) is 0 Å². The lowest BCUT2D eigenvalue weighted by molar-refractivity contribution is -0.0842. The first-order valence-corrected chi connectivity index (χ1v) is 8.34. The van der Waals surface area contributed by atoms with Gasteiger partial charge in [-0.15, -0.1) is 12.6 Å². The molecule has 132 valence electrons. The van der Waals surface area contributed by atoms with E-state index in [1.54, 1.807) is 22.9 Å². The molecule has 0 aliphatic rings. The van der Waals surface area contributed by atoms with Crippen molar-refractivity contribution in [3.63, 3.8) is 0 Å². The molecule has 0 fully saturated rings. The summed E-state index contributed by atoms with van der Waals surface area (Å²) in [6.07, 6.45) is 2.48. The van der Waals surface area contributed by atoms with Crippen LogP contribution < -0.4 is 4.74 Å². The van der Waals surface area contributed by atoms with Gasteiger partial charge in [-0.2, -0.15) is 5.10 Å². The highest BCUT2D eigenvalue weighted by Gasteiger charge is 2.40. The number of benzene rings is 1. The molecule has 0 radical (unpaired) electrons. The Morgan fingerprint density at radius 3 is 2.58 bits per heavy atom. The molecule has 24 heavy (non-hydrogen) atoms. The number of hydrogen-bond acceptors (Lipinski definition) is 5. The second-order valence-electron chi connectivity index (χ2n) is 6.88. The quantitative estimate of drug-likeness (QED) is 0.592. The number of aliphatic hydroxyl groups is 1. The van der Waals surface area contributed by atoms with E-state index in [1.807, 2.05) is 20.8 Å². The van der Waals surface area contributed by atoms with Gasteiger partial charge in [-0.05, 0) is 30.4 Å². The molecule has 0 aliphatic carbocycles. The van der Waals surface area contributed by atoms with Crippen LogP contribution in [-0.2, 0) is 6.54 Å². The number of para-hydroxylation sites is 1. The zero-order chi connectivity index (χ0) is 17.8. The van der Waals surface area contributed by atoms with Crippen molar-refractivity contribution in [3.8, 4) is 5.75 Å².